The van der Waals surface area contributed by atoms with E-state index in [1.807, 2.05) is 26.0 Å². The van der Waals surface area contributed by atoms with Crippen molar-refractivity contribution in [3.8, 4) is 11.5 Å². The van der Waals surface area contributed by atoms with Crippen LogP contribution in [0.2, 0.25) is 0 Å². The highest BCUT2D eigenvalue weighted by Gasteiger charge is 2.31. The van der Waals surface area contributed by atoms with Crippen LogP contribution in [0.4, 0.5) is 13.2 Å². The van der Waals surface area contributed by atoms with Crippen LogP contribution in [0.5, 0.6) is 11.5 Å². The molecule has 0 aliphatic heterocycles. The predicted molar refractivity (Wildman–Crippen MR) is 75.3 cm³/mol. The molecule has 2 nitrogen and oxygen atoms in total. The second-order valence-corrected chi connectivity index (χ2v) is 4.90. The SMILES string of the molecule is Cc1ccc(Oc2ccc(C(F)(F)F)cc2CN)c(C)c1. The second kappa shape index (κ2) is 5.77. The van der Waals surface area contributed by atoms with Crippen LogP contribution in [-0.4, -0.2) is 0 Å². The Balaban J connectivity index is 2.36. The van der Waals surface area contributed by atoms with Crippen LogP contribution in [0, 0.1) is 13.8 Å². The molecule has 0 saturated carbocycles. The Hall–Kier alpha value is -2.01. The fourth-order valence-electron chi connectivity index (χ4n) is 2.05. The number of benzene rings is 2. The Labute approximate surface area is 121 Å². The molecule has 2 rings (SSSR count). The summed E-state index contributed by atoms with van der Waals surface area (Å²) in [5.41, 5.74) is 7.13. The molecule has 2 aromatic rings. The number of aryl methyl sites for hydroxylation is 2. The average molecular weight is 295 g/mol. The van der Waals surface area contributed by atoms with E-state index in [2.05, 4.69) is 0 Å². The smallest absolute Gasteiger partial charge is 0.416 e. The normalized spacial score (nSPS) is 11.5. The molecule has 2 N–H and O–H groups in total. The van der Waals surface area contributed by atoms with E-state index in [9.17, 15) is 13.2 Å². The topological polar surface area (TPSA) is 35.2 Å². The monoisotopic (exact) mass is 295 g/mol. The minimum absolute atomic E-state index is 0.0236. The van der Waals surface area contributed by atoms with Gasteiger partial charge in [0.05, 0.1) is 5.56 Å². The third-order valence-corrected chi connectivity index (χ3v) is 3.16. The summed E-state index contributed by atoms with van der Waals surface area (Å²) in [6.45, 7) is 3.82. The highest BCUT2D eigenvalue weighted by Crippen LogP contribution is 2.34. The van der Waals surface area contributed by atoms with E-state index in [1.165, 1.54) is 6.07 Å². The highest BCUT2D eigenvalue weighted by atomic mass is 19.4. The summed E-state index contributed by atoms with van der Waals surface area (Å²) < 4.78 is 43.8. The Bertz CT molecular complexity index is 650. The zero-order valence-corrected chi connectivity index (χ0v) is 11.8. The summed E-state index contributed by atoms with van der Waals surface area (Å²) in [5, 5.41) is 0. The molecule has 0 atom stereocenters. The van der Waals surface area contributed by atoms with Crippen molar-refractivity contribution < 1.29 is 17.9 Å². The maximum Gasteiger partial charge on any atom is 0.416 e. The first-order valence-corrected chi connectivity index (χ1v) is 6.46. The number of rotatable bonds is 3. The summed E-state index contributed by atoms with van der Waals surface area (Å²) >= 11 is 0. The van der Waals surface area contributed by atoms with Gasteiger partial charge in [0.15, 0.2) is 0 Å². The number of ether oxygens (including phenoxy) is 1. The van der Waals surface area contributed by atoms with E-state index >= 15 is 0 Å². The van der Waals surface area contributed by atoms with Crippen molar-refractivity contribution in [2.24, 2.45) is 5.73 Å². The van der Waals surface area contributed by atoms with Gasteiger partial charge < -0.3 is 10.5 Å². The Kier molecular flexibility index (Phi) is 4.23. The lowest BCUT2D eigenvalue weighted by Crippen LogP contribution is -2.08. The van der Waals surface area contributed by atoms with Gasteiger partial charge in [-0.1, -0.05) is 17.7 Å². The summed E-state index contributed by atoms with van der Waals surface area (Å²) in [4.78, 5) is 0. The van der Waals surface area contributed by atoms with Crippen LogP contribution in [-0.2, 0) is 12.7 Å². The Morgan fingerprint density at radius 1 is 1.00 bits per heavy atom. The van der Waals surface area contributed by atoms with Crippen LogP contribution in [0.1, 0.15) is 22.3 Å². The molecular weight excluding hydrogens is 279 g/mol. The van der Waals surface area contributed by atoms with Gasteiger partial charge >= 0.3 is 6.18 Å². The first-order valence-electron chi connectivity index (χ1n) is 6.46. The van der Waals surface area contributed by atoms with Gasteiger partial charge in [0.1, 0.15) is 11.5 Å². The standard InChI is InChI=1S/C16H16F3NO/c1-10-3-5-14(11(2)7-10)21-15-6-4-13(16(17,18)19)8-12(15)9-20/h3-8H,9,20H2,1-2H3. The van der Waals surface area contributed by atoms with E-state index in [1.54, 1.807) is 6.07 Å². The van der Waals surface area contributed by atoms with Gasteiger partial charge in [0.25, 0.3) is 0 Å². The molecule has 0 heterocycles. The molecule has 0 unspecified atom stereocenters. The molecular formula is C16H16F3NO. The summed E-state index contributed by atoms with van der Waals surface area (Å²) in [5.74, 6) is 0.951. The zero-order chi connectivity index (χ0) is 15.6. The molecule has 112 valence electrons. The van der Waals surface area contributed by atoms with Crippen LogP contribution in [0.25, 0.3) is 0 Å². The lowest BCUT2D eigenvalue weighted by molar-refractivity contribution is -0.137. The van der Waals surface area contributed by atoms with Crippen molar-refractivity contribution in [1.82, 2.24) is 0 Å². The lowest BCUT2D eigenvalue weighted by Gasteiger charge is -2.15. The molecule has 21 heavy (non-hydrogen) atoms. The number of hydrogen-bond acceptors (Lipinski definition) is 2. The number of halogens is 3. The molecule has 2 aromatic carbocycles. The molecule has 0 fully saturated rings. The Morgan fingerprint density at radius 3 is 2.24 bits per heavy atom. The van der Waals surface area contributed by atoms with Crippen LogP contribution >= 0.6 is 0 Å². The molecule has 0 aliphatic rings. The van der Waals surface area contributed by atoms with E-state index < -0.39 is 11.7 Å². The van der Waals surface area contributed by atoms with Crippen molar-refractivity contribution in [1.29, 1.82) is 0 Å². The average Bonchev–Trinajstić information content (AvgIpc) is 2.41. The van der Waals surface area contributed by atoms with Gasteiger partial charge in [-0.25, -0.2) is 0 Å². The van der Waals surface area contributed by atoms with Crippen molar-refractivity contribution >= 4 is 0 Å². The third kappa shape index (κ3) is 3.55. The molecule has 0 aromatic heterocycles. The number of nitrogens with two attached hydrogens (primary N) is 1. The highest BCUT2D eigenvalue weighted by molar-refractivity contribution is 5.44. The summed E-state index contributed by atoms with van der Waals surface area (Å²) in [6, 6.07) is 8.96. The maximum absolute atomic E-state index is 12.7. The largest absolute Gasteiger partial charge is 0.457 e. The maximum atomic E-state index is 12.7. The fraction of sp³-hybridized carbons (Fsp3) is 0.250. The van der Waals surface area contributed by atoms with Crippen molar-refractivity contribution in [2.45, 2.75) is 26.6 Å². The van der Waals surface area contributed by atoms with Gasteiger partial charge in [-0.15, -0.1) is 0 Å². The van der Waals surface area contributed by atoms with Gasteiger partial charge in [-0.3, -0.25) is 0 Å². The lowest BCUT2D eigenvalue weighted by atomic mass is 10.1. The van der Waals surface area contributed by atoms with Gasteiger partial charge in [0.2, 0.25) is 0 Å². The number of hydrogen-bond donors (Lipinski definition) is 1. The van der Waals surface area contributed by atoms with Gasteiger partial charge in [0, 0.05) is 12.1 Å². The van der Waals surface area contributed by atoms with Gasteiger partial charge in [-0.05, 0) is 43.7 Å². The van der Waals surface area contributed by atoms with Crippen LogP contribution in [0.3, 0.4) is 0 Å². The summed E-state index contributed by atoms with van der Waals surface area (Å²) in [7, 11) is 0. The molecule has 0 amide bonds. The second-order valence-electron chi connectivity index (χ2n) is 4.90. The minimum Gasteiger partial charge on any atom is -0.457 e. The molecule has 0 bridgehead atoms. The molecule has 0 aliphatic carbocycles. The third-order valence-electron chi connectivity index (χ3n) is 3.16. The van der Waals surface area contributed by atoms with Crippen molar-refractivity contribution in [2.75, 3.05) is 0 Å². The van der Waals surface area contributed by atoms with E-state index in [0.717, 1.165) is 23.3 Å². The first-order chi connectivity index (χ1) is 9.81. The van der Waals surface area contributed by atoms with Crippen LogP contribution in [0.15, 0.2) is 36.4 Å². The van der Waals surface area contributed by atoms with E-state index in [-0.39, 0.29) is 6.54 Å². The summed E-state index contributed by atoms with van der Waals surface area (Å²) in [6.07, 6.45) is -4.39. The molecule has 0 saturated heterocycles. The zero-order valence-electron chi connectivity index (χ0n) is 11.8. The molecule has 5 heteroatoms. The van der Waals surface area contributed by atoms with E-state index in [0.29, 0.717) is 17.1 Å². The van der Waals surface area contributed by atoms with Crippen molar-refractivity contribution in [3.05, 3.63) is 58.7 Å². The number of alkyl halides is 3. The van der Waals surface area contributed by atoms with E-state index in [4.69, 9.17) is 10.5 Å². The van der Waals surface area contributed by atoms with Gasteiger partial charge in [-0.2, -0.15) is 13.2 Å². The van der Waals surface area contributed by atoms with Crippen LogP contribution < -0.4 is 10.5 Å². The molecule has 0 radical (unpaired) electrons. The first kappa shape index (κ1) is 15.4. The fourth-order valence-corrected chi connectivity index (χ4v) is 2.05. The quantitative estimate of drug-likeness (QED) is 0.900. The minimum atomic E-state index is -4.39. The predicted octanol–water partition coefficient (Wildman–Crippen LogP) is 4.57. The molecule has 0 spiro atoms. The van der Waals surface area contributed by atoms with Crippen molar-refractivity contribution in [3.63, 3.8) is 0 Å². The Morgan fingerprint density at radius 2 is 1.67 bits per heavy atom.